The summed E-state index contributed by atoms with van der Waals surface area (Å²) in [6, 6.07) is 0. The number of alkyl halides is 3. The molecule has 3 nitrogen and oxygen atoms in total. The second kappa shape index (κ2) is 3.76. The quantitative estimate of drug-likeness (QED) is 0.732. The van der Waals surface area contributed by atoms with Gasteiger partial charge in [0.25, 0.3) is 0 Å². The molecule has 0 atom stereocenters. The molecule has 1 rings (SSSR count). The van der Waals surface area contributed by atoms with Crippen molar-refractivity contribution in [3.05, 3.63) is 11.9 Å². The first-order valence-electron chi connectivity index (χ1n) is 3.97. The van der Waals surface area contributed by atoms with Crippen LogP contribution in [-0.2, 0) is 13.0 Å². The predicted octanol–water partition coefficient (Wildman–Crippen LogP) is 1.79. The van der Waals surface area contributed by atoms with Crippen LogP contribution in [0.25, 0.3) is 0 Å². The van der Waals surface area contributed by atoms with Gasteiger partial charge in [-0.3, -0.25) is 0 Å². The van der Waals surface area contributed by atoms with Gasteiger partial charge in [0, 0.05) is 0 Å². The summed E-state index contributed by atoms with van der Waals surface area (Å²) in [6.07, 6.45) is -2.85. The molecule has 74 valence electrons. The SMILES string of the molecule is CCc1cnn(CCC(F)(F)F)n1. The molecule has 0 saturated carbocycles. The van der Waals surface area contributed by atoms with Gasteiger partial charge in [-0.15, -0.1) is 0 Å². The molecular weight excluding hydrogens is 183 g/mol. The molecule has 1 heterocycles. The van der Waals surface area contributed by atoms with E-state index in [0.29, 0.717) is 12.1 Å². The number of aryl methyl sites for hydroxylation is 2. The minimum absolute atomic E-state index is 0.205. The van der Waals surface area contributed by atoms with E-state index in [2.05, 4.69) is 10.2 Å². The van der Waals surface area contributed by atoms with Gasteiger partial charge >= 0.3 is 6.18 Å². The van der Waals surface area contributed by atoms with Gasteiger partial charge in [-0.25, -0.2) is 0 Å². The lowest BCUT2D eigenvalue weighted by Gasteiger charge is -2.04. The van der Waals surface area contributed by atoms with E-state index in [-0.39, 0.29) is 6.54 Å². The minimum Gasteiger partial charge on any atom is -0.184 e. The first-order chi connectivity index (χ1) is 6.01. The first-order valence-corrected chi connectivity index (χ1v) is 3.97. The third-order valence-corrected chi connectivity index (χ3v) is 1.54. The highest BCUT2D eigenvalue weighted by atomic mass is 19.4. The van der Waals surface area contributed by atoms with Crippen LogP contribution in [0, 0.1) is 0 Å². The van der Waals surface area contributed by atoms with Crippen LogP contribution in [0.4, 0.5) is 13.2 Å². The summed E-state index contributed by atoms with van der Waals surface area (Å²) in [5.41, 5.74) is 0.710. The highest BCUT2D eigenvalue weighted by molar-refractivity contribution is 4.89. The van der Waals surface area contributed by atoms with Crippen molar-refractivity contribution >= 4 is 0 Å². The van der Waals surface area contributed by atoms with Crippen molar-refractivity contribution in [1.82, 2.24) is 15.0 Å². The summed E-state index contributed by atoms with van der Waals surface area (Å²) < 4.78 is 35.3. The average Bonchev–Trinajstić information content (AvgIpc) is 2.47. The highest BCUT2D eigenvalue weighted by Gasteiger charge is 2.26. The van der Waals surface area contributed by atoms with Gasteiger partial charge in [0.2, 0.25) is 0 Å². The van der Waals surface area contributed by atoms with E-state index < -0.39 is 12.6 Å². The number of aromatic nitrogens is 3. The van der Waals surface area contributed by atoms with Gasteiger partial charge in [-0.1, -0.05) is 6.92 Å². The summed E-state index contributed by atoms with van der Waals surface area (Å²) in [6.45, 7) is 1.67. The van der Waals surface area contributed by atoms with Crippen molar-refractivity contribution in [3.63, 3.8) is 0 Å². The standard InChI is InChI=1S/C7H10F3N3/c1-2-6-5-11-13(12-6)4-3-7(8,9)10/h5H,2-4H2,1H3. The molecule has 0 radical (unpaired) electrons. The molecule has 13 heavy (non-hydrogen) atoms. The second-order valence-corrected chi connectivity index (χ2v) is 2.65. The Labute approximate surface area is 73.5 Å². The number of hydrogen-bond donors (Lipinski definition) is 0. The molecule has 0 aromatic carbocycles. The normalized spacial score (nSPS) is 12.0. The molecule has 0 bridgehead atoms. The fourth-order valence-corrected chi connectivity index (χ4v) is 0.830. The summed E-state index contributed by atoms with van der Waals surface area (Å²) >= 11 is 0. The smallest absolute Gasteiger partial charge is 0.184 e. The molecule has 1 aromatic rings. The molecule has 1 aromatic heterocycles. The predicted molar refractivity (Wildman–Crippen MR) is 40.1 cm³/mol. The van der Waals surface area contributed by atoms with Gasteiger partial charge in [0.1, 0.15) is 0 Å². The molecule has 6 heteroatoms. The zero-order chi connectivity index (χ0) is 9.90. The molecule has 0 aliphatic carbocycles. The van der Waals surface area contributed by atoms with Crippen LogP contribution in [0.2, 0.25) is 0 Å². The van der Waals surface area contributed by atoms with Crippen LogP contribution in [0.1, 0.15) is 19.0 Å². The van der Waals surface area contributed by atoms with Gasteiger partial charge in [0.15, 0.2) is 0 Å². The number of hydrogen-bond acceptors (Lipinski definition) is 2. The average molecular weight is 193 g/mol. The lowest BCUT2D eigenvalue weighted by atomic mass is 10.4. The van der Waals surface area contributed by atoms with Gasteiger partial charge in [-0.05, 0) is 6.42 Å². The molecular formula is C7H10F3N3. The zero-order valence-corrected chi connectivity index (χ0v) is 7.17. The number of nitrogens with zero attached hydrogens (tertiary/aromatic N) is 3. The maximum atomic E-state index is 11.8. The van der Waals surface area contributed by atoms with Gasteiger partial charge in [0.05, 0.1) is 24.9 Å². The third kappa shape index (κ3) is 3.43. The lowest BCUT2D eigenvalue weighted by Crippen LogP contribution is -2.13. The molecule has 0 unspecified atom stereocenters. The Bertz CT molecular complexity index is 266. The van der Waals surface area contributed by atoms with Crippen molar-refractivity contribution < 1.29 is 13.2 Å². The molecule has 0 saturated heterocycles. The molecule has 0 N–H and O–H groups in total. The Kier molecular flexibility index (Phi) is 2.90. The van der Waals surface area contributed by atoms with Crippen molar-refractivity contribution in [1.29, 1.82) is 0 Å². The molecule has 0 fully saturated rings. The Hall–Kier alpha value is -1.07. The van der Waals surface area contributed by atoms with Crippen molar-refractivity contribution in [2.75, 3.05) is 0 Å². The largest absolute Gasteiger partial charge is 0.390 e. The fourth-order valence-electron chi connectivity index (χ4n) is 0.830. The molecule has 0 aliphatic rings. The summed E-state index contributed by atoms with van der Waals surface area (Å²) in [5, 5.41) is 7.53. The molecule has 0 amide bonds. The third-order valence-electron chi connectivity index (χ3n) is 1.54. The molecule has 0 aliphatic heterocycles. The second-order valence-electron chi connectivity index (χ2n) is 2.65. The number of halogens is 3. The van der Waals surface area contributed by atoms with E-state index in [4.69, 9.17) is 0 Å². The van der Waals surface area contributed by atoms with Crippen LogP contribution in [0.15, 0.2) is 6.20 Å². The van der Waals surface area contributed by atoms with E-state index in [9.17, 15) is 13.2 Å². The Morgan fingerprint density at radius 1 is 1.46 bits per heavy atom. The van der Waals surface area contributed by atoms with Gasteiger partial charge in [-0.2, -0.15) is 28.2 Å². The highest BCUT2D eigenvalue weighted by Crippen LogP contribution is 2.19. The van der Waals surface area contributed by atoms with Crippen LogP contribution in [-0.4, -0.2) is 21.2 Å². The minimum atomic E-state index is -4.14. The first kappa shape index (κ1) is 10.0. The summed E-state index contributed by atoms with van der Waals surface area (Å²) in [4.78, 5) is 1.08. The van der Waals surface area contributed by atoms with Crippen LogP contribution in [0.5, 0.6) is 0 Å². The van der Waals surface area contributed by atoms with E-state index in [0.717, 1.165) is 4.80 Å². The van der Waals surface area contributed by atoms with Crippen LogP contribution >= 0.6 is 0 Å². The number of rotatable bonds is 3. The Morgan fingerprint density at radius 2 is 2.15 bits per heavy atom. The van der Waals surface area contributed by atoms with E-state index in [1.165, 1.54) is 6.20 Å². The van der Waals surface area contributed by atoms with E-state index >= 15 is 0 Å². The van der Waals surface area contributed by atoms with Crippen molar-refractivity contribution in [2.24, 2.45) is 0 Å². The molecule has 0 spiro atoms. The van der Waals surface area contributed by atoms with E-state index in [1.54, 1.807) is 0 Å². The topological polar surface area (TPSA) is 30.7 Å². The van der Waals surface area contributed by atoms with Crippen molar-refractivity contribution in [2.45, 2.75) is 32.5 Å². The summed E-state index contributed by atoms with van der Waals surface area (Å²) in [7, 11) is 0. The summed E-state index contributed by atoms with van der Waals surface area (Å²) in [5.74, 6) is 0. The van der Waals surface area contributed by atoms with E-state index in [1.807, 2.05) is 6.92 Å². The Morgan fingerprint density at radius 3 is 2.62 bits per heavy atom. The zero-order valence-electron chi connectivity index (χ0n) is 7.17. The van der Waals surface area contributed by atoms with Crippen molar-refractivity contribution in [3.8, 4) is 0 Å². The van der Waals surface area contributed by atoms with Crippen LogP contribution < -0.4 is 0 Å². The Balaban J connectivity index is 2.46. The monoisotopic (exact) mass is 193 g/mol. The van der Waals surface area contributed by atoms with Crippen LogP contribution in [0.3, 0.4) is 0 Å². The maximum absolute atomic E-state index is 11.8. The lowest BCUT2D eigenvalue weighted by molar-refractivity contribution is -0.137. The maximum Gasteiger partial charge on any atom is 0.390 e. The van der Waals surface area contributed by atoms with Gasteiger partial charge < -0.3 is 0 Å². The fraction of sp³-hybridized carbons (Fsp3) is 0.714.